The first-order chi connectivity index (χ1) is 13.4. The molecule has 0 radical (unpaired) electrons. The third kappa shape index (κ3) is 3.60. The molecule has 0 saturated heterocycles. The molecule has 0 spiro atoms. The summed E-state index contributed by atoms with van der Waals surface area (Å²) in [7, 11) is 1.28. The van der Waals surface area contributed by atoms with Crippen LogP contribution in [0.5, 0.6) is 5.75 Å². The maximum absolute atomic E-state index is 13.4. The van der Waals surface area contributed by atoms with Crippen molar-refractivity contribution in [3.8, 4) is 5.75 Å². The zero-order valence-corrected chi connectivity index (χ0v) is 16.1. The van der Waals surface area contributed by atoms with E-state index in [2.05, 4.69) is 4.98 Å². The fourth-order valence-electron chi connectivity index (χ4n) is 3.19. The summed E-state index contributed by atoms with van der Waals surface area (Å²) in [6.07, 6.45) is 0.317. The standard InChI is InChI=1S/C19H18ClFN2O5/c1-3-28-19(26)15-11-6-7-23(9-10-4-5-13(21)12(20)8-10)18(25)14(11)16(27-2)17(24)22-15/h4-5,8H,3,6-7,9H2,1-2H3,(H,22,24). The van der Waals surface area contributed by atoms with Crippen molar-refractivity contribution in [3.05, 3.63) is 61.8 Å². The van der Waals surface area contributed by atoms with Crippen LogP contribution in [-0.2, 0) is 17.7 Å². The van der Waals surface area contributed by atoms with Gasteiger partial charge in [0.05, 0.1) is 24.3 Å². The van der Waals surface area contributed by atoms with Gasteiger partial charge in [0.1, 0.15) is 11.5 Å². The summed E-state index contributed by atoms with van der Waals surface area (Å²) in [6, 6.07) is 4.20. The van der Waals surface area contributed by atoms with Crippen LogP contribution in [0.3, 0.4) is 0 Å². The molecule has 1 amide bonds. The molecule has 1 N–H and O–H groups in total. The lowest BCUT2D eigenvalue weighted by molar-refractivity contribution is 0.0516. The number of aromatic nitrogens is 1. The normalized spacial score (nSPS) is 13.3. The van der Waals surface area contributed by atoms with E-state index >= 15 is 0 Å². The van der Waals surface area contributed by atoms with Gasteiger partial charge in [-0.15, -0.1) is 0 Å². The van der Waals surface area contributed by atoms with Gasteiger partial charge in [0.15, 0.2) is 5.75 Å². The number of halogens is 2. The van der Waals surface area contributed by atoms with Gasteiger partial charge in [-0.3, -0.25) is 9.59 Å². The Bertz CT molecular complexity index is 1000. The van der Waals surface area contributed by atoms with E-state index in [0.717, 1.165) is 0 Å². The molecule has 148 valence electrons. The zero-order chi connectivity index (χ0) is 20.4. The SMILES string of the molecule is CCOC(=O)c1[nH]c(=O)c(OC)c2c1CCN(Cc1ccc(F)c(Cl)c1)C2=O. The maximum atomic E-state index is 13.4. The lowest BCUT2D eigenvalue weighted by Crippen LogP contribution is -2.40. The number of amides is 1. The number of ether oxygens (including phenoxy) is 2. The smallest absolute Gasteiger partial charge is 0.355 e. The predicted octanol–water partition coefficient (Wildman–Crippen LogP) is 2.55. The maximum Gasteiger partial charge on any atom is 0.355 e. The molecule has 1 aliphatic heterocycles. The van der Waals surface area contributed by atoms with Crippen LogP contribution in [0.4, 0.5) is 4.39 Å². The van der Waals surface area contributed by atoms with Crippen molar-refractivity contribution in [2.24, 2.45) is 0 Å². The Morgan fingerprint density at radius 1 is 1.36 bits per heavy atom. The number of benzene rings is 1. The van der Waals surface area contributed by atoms with Crippen LogP contribution in [0.15, 0.2) is 23.0 Å². The highest BCUT2D eigenvalue weighted by Crippen LogP contribution is 2.29. The number of fused-ring (bicyclic) bond motifs is 1. The zero-order valence-electron chi connectivity index (χ0n) is 15.3. The first-order valence-corrected chi connectivity index (χ1v) is 8.98. The van der Waals surface area contributed by atoms with Crippen LogP contribution in [0.2, 0.25) is 5.02 Å². The minimum atomic E-state index is -0.704. The van der Waals surface area contributed by atoms with Gasteiger partial charge in [-0.1, -0.05) is 17.7 Å². The summed E-state index contributed by atoms with van der Waals surface area (Å²) in [5, 5.41) is -0.0408. The molecule has 0 bridgehead atoms. The number of H-pyrrole nitrogens is 1. The second-order valence-electron chi connectivity index (χ2n) is 6.16. The van der Waals surface area contributed by atoms with Crippen molar-refractivity contribution >= 4 is 23.5 Å². The fourth-order valence-corrected chi connectivity index (χ4v) is 3.39. The number of pyridine rings is 1. The Kier molecular flexibility index (Phi) is 5.69. The lowest BCUT2D eigenvalue weighted by Gasteiger charge is -2.30. The lowest BCUT2D eigenvalue weighted by atomic mass is 9.96. The Labute approximate surface area is 165 Å². The van der Waals surface area contributed by atoms with Crippen molar-refractivity contribution in [2.75, 3.05) is 20.3 Å². The molecular formula is C19H18ClFN2O5. The minimum absolute atomic E-state index is 0.0359. The summed E-state index contributed by atoms with van der Waals surface area (Å²) < 4.78 is 23.5. The molecule has 9 heteroatoms. The predicted molar refractivity (Wildman–Crippen MR) is 99.4 cm³/mol. The molecule has 1 aliphatic rings. The number of aromatic amines is 1. The van der Waals surface area contributed by atoms with E-state index in [9.17, 15) is 18.8 Å². The van der Waals surface area contributed by atoms with E-state index in [-0.39, 0.29) is 35.2 Å². The first-order valence-electron chi connectivity index (χ1n) is 8.60. The highest BCUT2D eigenvalue weighted by molar-refractivity contribution is 6.30. The molecule has 0 aliphatic carbocycles. The van der Waals surface area contributed by atoms with Crippen LogP contribution >= 0.6 is 11.6 Å². The van der Waals surface area contributed by atoms with E-state index in [4.69, 9.17) is 21.1 Å². The highest BCUT2D eigenvalue weighted by Gasteiger charge is 2.33. The number of esters is 1. The number of hydrogen-bond donors (Lipinski definition) is 1. The molecule has 0 unspecified atom stereocenters. The fraction of sp³-hybridized carbons (Fsp3) is 0.316. The van der Waals surface area contributed by atoms with E-state index in [0.29, 0.717) is 24.1 Å². The van der Waals surface area contributed by atoms with Crippen LogP contribution in [0.25, 0.3) is 0 Å². The molecule has 1 aromatic carbocycles. The molecule has 2 heterocycles. The molecule has 0 saturated carbocycles. The van der Waals surface area contributed by atoms with E-state index in [1.165, 1.54) is 30.2 Å². The molecular weight excluding hydrogens is 391 g/mol. The van der Waals surface area contributed by atoms with Crippen LogP contribution in [0.1, 0.15) is 38.9 Å². The van der Waals surface area contributed by atoms with Crippen molar-refractivity contribution in [1.29, 1.82) is 0 Å². The second kappa shape index (κ2) is 8.02. The van der Waals surface area contributed by atoms with Gasteiger partial charge in [0, 0.05) is 18.7 Å². The quantitative estimate of drug-likeness (QED) is 0.768. The number of nitrogens with zero attached hydrogens (tertiary/aromatic N) is 1. The van der Waals surface area contributed by atoms with Crippen LogP contribution in [0, 0.1) is 5.82 Å². The van der Waals surface area contributed by atoms with Crippen LogP contribution in [-0.4, -0.2) is 42.0 Å². The number of carbonyl (C=O) groups is 2. The largest absolute Gasteiger partial charge is 0.491 e. The molecule has 1 aromatic heterocycles. The number of hydrogen-bond acceptors (Lipinski definition) is 5. The van der Waals surface area contributed by atoms with Gasteiger partial charge in [0.2, 0.25) is 0 Å². The minimum Gasteiger partial charge on any atom is -0.491 e. The third-order valence-electron chi connectivity index (χ3n) is 4.45. The summed E-state index contributed by atoms with van der Waals surface area (Å²) in [5.41, 5.74) is 0.324. The monoisotopic (exact) mass is 408 g/mol. The van der Waals surface area contributed by atoms with Gasteiger partial charge in [-0.05, 0) is 31.0 Å². The number of methoxy groups -OCH3 is 1. The second-order valence-corrected chi connectivity index (χ2v) is 6.57. The average molecular weight is 409 g/mol. The number of rotatable bonds is 5. The van der Waals surface area contributed by atoms with Crippen LogP contribution < -0.4 is 10.3 Å². The Balaban J connectivity index is 2.01. The van der Waals surface area contributed by atoms with E-state index in [1.54, 1.807) is 6.92 Å². The molecule has 2 aromatic rings. The molecule has 0 fully saturated rings. The summed E-state index contributed by atoms with van der Waals surface area (Å²) in [6.45, 7) is 2.24. The highest BCUT2D eigenvalue weighted by atomic mass is 35.5. The van der Waals surface area contributed by atoms with Crippen molar-refractivity contribution < 1.29 is 23.5 Å². The first kappa shape index (κ1) is 19.9. The summed E-state index contributed by atoms with van der Waals surface area (Å²) in [5.74, 6) is -1.87. The summed E-state index contributed by atoms with van der Waals surface area (Å²) >= 11 is 5.81. The average Bonchev–Trinajstić information content (AvgIpc) is 2.66. The third-order valence-corrected chi connectivity index (χ3v) is 4.74. The van der Waals surface area contributed by atoms with Crippen molar-refractivity contribution in [1.82, 2.24) is 9.88 Å². The summed E-state index contributed by atoms with van der Waals surface area (Å²) in [4.78, 5) is 41.5. The van der Waals surface area contributed by atoms with Crippen molar-refractivity contribution in [3.63, 3.8) is 0 Å². The van der Waals surface area contributed by atoms with Gasteiger partial charge in [-0.2, -0.15) is 0 Å². The van der Waals surface area contributed by atoms with Gasteiger partial charge in [-0.25, -0.2) is 9.18 Å². The Morgan fingerprint density at radius 2 is 2.11 bits per heavy atom. The molecule has 0 atom stereocenters. The van der Waals surface area contributed by atoms with Gasteiger partial charge < -0.3 is 19.4 Å². The van der Waals surface area contributed by atoms with Gasteiger partial charge >= 0.3 is 5.97 Å². The molecule has 28 heavy (non-hydrogen) atoms. The molecule has 3 rings (SSSR count). The topological polar surface area (TPSA) is 88.7 Å². The van der Waals surface area contributed by atoms with E-state index in [1.807, 2.05) is 0 Å². The number of carbonyl (C=O) groups excluding carboxylic acids is 2. The van der Waals surface area contributed by atoms with E-state index < -0.39 is 23.3 Å². The Hall–Kier alpha value is -2.87. The molecule has 7 nitrogen and oxygen atoms in total. The number of nitrogens with one attached hydrogen (secondary N) is 1. The van der Waals surface area contributed by atoms with Crippen molar-refractivity contribution in [2.45, 2.75) is 19.9 Å². The Morgan fingerprint density at radius 3 is 2.75 bits per heavy atom. The van der Waals surface area contributed by atoms with Gasteiger partial charge in [0.25, 0.3) is 11.5 Å².